The molecule has 2 aromatic heterocycles. The van der Waals surface area contributed by atoms with Crippen LogP contribution in [0, 0.1) is 0 Å². The first-order valence-electron chi connectivity index (χ1n) is 26.6. The summed E-state index contributed by atoms with van der Waals surface area (Å²) in [5, 5.41) is 23.9. The summed E-state index contributed by atoms with van der Waals surface area (Å²) >= 11 is 0. The molecule has 1 saturated heterocycles. The standard InChI is InChI=1S/C54H72N18O9/c1-30(73)66-39(18-9-21-62-53(56)57)47(76)72-44-26-45(74)61-20-7-6-17-38(46(55)75)67-49(78)42(24-33-27-64-37-16-5-4-15-36(33)37)69-48(77)40(19-10-22-63-54(58)59)68-50(79)41(23-32-13-8-12-31-11-2-3-14-35(31)32)70-51(80)43(71-52(44)81)25-34-28-60-29-65-34/h2-5,8,11-16,27-29,38-44,64H,6-7,9-10,17-26H2,1H3,(H2,55,75)(H,60,65)(H,61,74)(H,66,73)(H,67,78)(H,68,79)(H,69,77)(H,70,80)(H,71,81)(H,72,76)(H4,56,57,62)(H4,58,59,63)/t38-,39-,40-,41?,42-,43-,44-/m0/s1. The van der Waals surface area contributed by atoms with Gasteiger partial charge in [0.05, 0.1) is 12.7 Å². The Morgan fingerprint density at radius 2 is 1.27 bits per heavy atom. The second kappa shape index (κ2) is 30.0. The number of fused-ring (bicyclic) bond motifs is 2. The van der Waals surface area contributed by atoms with Crippen molar-refractivity contribution in [2.24, 2.45) is 38.7 Å². The zero-order chi connectivity index (χ0) is 58.4. The zero-order valence-electron chi connectivity index (χ0n) is 44.9. The van der Waals surface area contributed by atoms with E-state index < -0.39 is 102 Å². The summed E-state index contributed by atoms with van der Waals surface area (Å²) in [6.07, 6.45) is 4.15. The van der Waals surface area contributed by atoms with Crippen LogP contribution in [0.25, 0.3) is 21.7 Å². The number of nitrogens with zero attached hydrogens (tertiary/aromatic N) is 3. The number of H-pyrrole nitrogens is 2. The molecule has 20 N–H and O–H groups in total. The van der Waals surface area contributed by atoms with Gasteiger partial charge in [-0.25, -0.2) is 4.98 Å². The first kappa shape index (κ1) is 60.7. The smallest absolute Gasteiger partial charge is 0.243 e. The van der Waals surface area contributed by atoms with Crippen molar-refractivity contribution < 1.29 is 43.2 Å². The number of guanidine groups is 2. The molecule has 0 spiro atoms. The molecule has 9 amide bonds. The van der Waals surface area contributed by atoms with Gasteiger partial charge in [-0.3, -0.25) is 53.1 Å². The van der Waals surface area contributed by atoms with E-state index in [1.165, 1.54) is 19.4 Å². The highest BCUT2D eigenvalue weighted by Crippen LogP contribution is 2.22. The van der Waals surface area contributed by atoms with Crippen LogP contribution in [0.3, 0.4) is 0 Å². The van der Waals surface area contributed by atoms with Gasteiger partial charge in [-0.1, -0.05) is 60.7 Å². The number of imidazole rings is 1. The molecule has 1 fully saturated rings. The first-order valence-corrected chi connectivity index (χ1v) is 26.6. The number of carbonyl (C=O) groups excluding carboxylic acids is 9. The predicted octanol–water partition coefficient (Wildman–Crippen LogP) is -2.23. The highest BCUT2D eigenvalue weighted by molar-refractivity contribution is 5.99. The molecule has 1 aliphatic heterocycles. The van der Waals surface area contributed by atoms with Crippen molar-refractivity contribution in [2.45, 2.75) is 120 Å². The van der Waals surface area contributed by atoms with E-state index in [1.807, 2.05) is 54.6 Å². The van der Waals surface area contributed by atoms with E-state index >= 15 is 4.79 Å². The van der Waals surface area contributed by atoms with Crippen LogP contribution in [0.4, 0.5) is 0 Å². The van der Waals surface area contributed by atoms with Crippen LogP contribution in [-0.4, -0.2) is 142 Å². The second-order valence-electron chi connectivity index (χ2n) is 19.7. The number of hydrogen-bond acceptors (Lipinski definition) is 12. The maximum absolute atomic E-state index is 15.1. The molecule has 3 aromatic carbocycles. The molecule has 27 nitrogen and oxygen atoms in total. The van der Waals surface area contributed by atoms with Gasteiger partial charge in [-0.05, 0) is 72.9 Å². The Kier molecular flexibility index (Phi) is 22.5. The minimum absolute atomic E-state index is 0.00759. The van der Waals surface area contributed by atoms with Crippen LogP contribution in [0.2, 0.25) is 0 Å². The lowest BCUT2D eigenvalue weighted by atomic mass is 9.97. The van der Waals surface area contributed by atoms with Crippen LogP contribution in [0.5, 0.6) is 0 Å². The fourth-order valence-electron chi connectivity index (χ4n) is 9.33. The summed E-state index contributed by atoms with van der Waals surface area (Å²) in [5.41, 5.74) is 30.4. The molecule has 6 rings (SSSR count). The van der Waals surface area contributed by atoms with E-state index in [-0.39, 0.29) is 95.8 Å². The number of amides is 9. The lowest BCUT2D eigenvalue weighted by Gasteiger charge is -2.28. The first-order chi connectivity index (χ1) is 38.8. The number of carbonyl (C=O) groups is 9. The van der Waals surface area contributed by atoms with Gasteiger partial charge in [-0.2, -0.15) is 0 Å². The van der Waals surface area contributed by atoms with Crippen LogP contribution in [0.15, 0.2) is 95.4 Å². The fraction of sp³-hybridized carbons (Fsp3) is 0.407. The third kappa shape index (κ3) is 18.8. The van der Waals surface area contributed by atoms with Gasteiger partial charge in [-0.15, -0.1) is 0 Å². The van der Waals surface area contributed by atoms with E-state index in [0.717, 1.165) is 21.7 Å². The topological polar surface area (TPSA) is 449 Å². The molecular weight excluding hydrogens is 1040 g/mol. The Morgan fingerprint density at radius 3 is 1.95 bits per heavy atom. The molecule has 1 aliphatic rings. The third-order valence-corrected chi connectivity index (χ3v) is 13.4. The van der Waals surface area contributed by atoms with Gasteiger partial charge in [0.15, 0.2) is 11.9 Å². The van der Waals surface area contributed by atoms with Crippen molar-refractivity contribution >= 4 is 86.8 Å². The number of aliphatic imine (C=N–C) groups is 2. The quantitative estimate of drug-likeness (QED) is 0.0251. The number of hydrogen-bond donors (Lipinski definition) is 15. The van der Waals surface area contributed by atoms with Gasteiger partial charge in [0.2, 0.25) is 53.2 Å². The molecule has 1 unspecified atom stereocenters. The number of primary amides is 1. The summed E-state index contributed by atoms with van der Waals surface area (Å²) in [6, 6.07) is 10.3. The number of benzene rings is 3. The van der Waals surface area contributed by atoms with Crippen molar-refractivity contribution in [2.75, 3.05) is 19.6 Å². The van der Waals surface area contributed by atoms with Crippen molar-refractivity contribution in [1.82, 2.24) is 57.5 Å². The van der Waals surface area contributed by atoms with E-state index in [4.69, 9.17) is 28.7 Å². The SMILES string of the molecule is CC(=O)N[C@@H](CCCN=C(N)N)C(=O)N[C@H]1CC(=O)NCCCC[C@@H](C(N)=O)NC(=O)[C@H](Cc2c[nH]c3ccccc23)NC(=O)[C@H](CCCN=C(N)N)NC(=O)C(Cc2cccc3ccccc23)NC(=O)[C@H](Cc2cnc[nH]2)NC1=O. The van der Waals surface area contributed by atoms with Crippen LogP contribution in [-0.2, 0) is 62.4 Å². The predicted molar refractivity (Wildman–Crippen MR) is 302 cm³/mol. The van der Waals surface area contributed by atoms with Gasteiger partial charge in [0, 0.05) is 74.8 Å². The fourth-order valence-corrected chi connectivity index (χ4v) is 9.33. The average molecular weight is 1120 g/mol. The van der Waals surface area contributed by atoms with E-state index in [1.54, 1.807) is 18.3 Å². The molecule has 27 heteroatoms. The zero-order valence-corrected chi connectivity index (χ0v) is 44.9. The molecule has 0 bridgehead atoms. The molecule has 81 heavy (non-hydrogen) atoms. The van der Waals surface area contributed by atoms with E-state index in [2.05, 4.69) is 67.5 Å². The summed E-state index contributed by atoms with van der Waals surface area (Å²) in [6.45, 7) is 1.35. The van der Waals surface area contributed by atoms with Crippen molar-refractivity contribution in [1.29, 1.82) is 0 Å². The third-order valence-electron chi connectivity index (χ3n) is 13.4. The van der Waals surface area contributed by atoms with Gasteiger partial charge >= 0.3 is 0 Å². The summed E-state index contributed by atoms with van der Waals surface area (Å²) < 4.78 is 0. The minimum atomic E-state index is -1.66. The molecule has 0 aliphatic carbocycles. The Hall–Kier alpha value is -9.56. The molecule has 0 radical (unpaired) electrons. The summed E-state index contributed by atoms with van der Waals surface area (Å²) in [5.74, 6) is -7.69. The van der Waals surface area contributed by atoms with Gasteiger partial charge in [0.1, 0.15) is 42.3 Å². The second-order valence-corrected chi connectivity index (χ2v) is 19.7. The highest BCUT2D eigenvalue weighted by atomic mass is 16.2. The van der Waals surface area contributed by atoms with Crippen LogP contribution < -0.4 is 71.2 Å². The number of aromatic amines is 2. The van der Waals surface area contributed by atoms with Crippen molar-refractivity contribution in [3.05, 3.63) is 102 Å². The Balaban J connectivity index is 1.41. The highest BCUT2D eigenvalue weighted by Gasteiger charge is 2.36. The minimum Gasteiger partial charge on any atom is -0.370 e. The molecule has 7 atom stereocenters. The molecular formula is C54H72N18O9. The Morgan fingerprint density at radius 1 is 0.667 bits per heavy atom. The van der Waals surface area contributed by atoms with Crippen molar-refractivity contribution in [3.8, 4) is 0 Å². The lowest BCUT2D eigenvalue weighted by molar-refractivity contribution is -0.136. The number of aromatic nitrogens is 3. The number of rotatable bonds is 18. The maximum Gasteiger partial charge on any atom is 0.243 e. The van der Waals surface area contributed by atoms with Crippen LogP contribution in [0.1, 0.15) is 75.1 Å². The van der Waals surface area contributed by atoms with Gasteiger partial charge in [0.25, 0.3) is 0 Å². The monoisotopic (exact) mass is 1120 g/mol. The number of nitrogens with one attached hydrogen (secondary N) is 10. The Labute approximate surface area is 466 Å². The van der Waals surface area contributed by atoms with E-state index in [9.17, 15) is 38.4 Å². The molecule has 5 aromatic rings. The van der Waals surface area contributed by atoms with Gasteiger partial charge < -0.3 is 81.2 Å². The summed E-state index contributed by atoms with van der Waals surface area (Å²) in [7, 11) is 0. The number of nitrogens with two attached hydrogens (primary N) is 5. The van der Waals surface area contributed by atoms with Crippen LogP contribution >= 0.6 is 0 Å². The summed E-state index contributed by atoms with van der Waals surface area (Å²) in [4.78, 5) is 145. The molecule has 432 valence electrons. The maximum atomic E-state index is 15.1. The largest absolute Gasteiger partial charge is 0.370 e. The average Bonchev–Trinajstić information content (AvgIpc) is 4.29. The normalized spacial score (nSPS) is 20.5. The molecule has 0 saturated carbocycles. The number of para-hydroxylation sites is 1. The van der Waals surface area contributed by atoms with E-state index in [0.29, 0.717) is 16.8 Å². The Bertz CT molecular complexity index is 3070. The molecule has 3 heterocycles. The lowest BCUT2D eigenvalue weighted by Crippen LogP contribution is -2.61. The van der Waals surface area contributed by atoms with Crippen molar-refractivity contribution in [3.63, 3.8) is 0 Å².